The molecule has 2 aromatic carbocycles. The molecule has 4 rings (SSSR count). The molecule has 1 saturated heterocycles. The lowest BCUT2D eigenvalue weighted by atomic mass is 9.73. The number of hydrogen-bond donors (Lipinski definition) is 1. The fourth-order valence-corrected chi connectivity index (χ4v) is 4.70. The summed E-state index contributed by atoms with van der Waals surface area (Å²) in [6.45, 7) is 9.83. The van der Waals surface area contributed by atoms with Crippen molar-refractivity contribution in [1.29, 1.82) is 0 Å². The van der Waals surface area contributed by atoms with Gasteiger partial charge in [0.25, 0.3) is 5.91 Å². The number of aryl methyl sites for hydroxylation is 1. The SMILES string of the molecule is CCN(CC)C(=O)c1ccc(C2=C3CCNCC3Cc3ccc(C)cc32)cc1. The summed E-state index contributed by atoms with van der Waals surface area (Å²) in [5.41, 5.74) is 9.14. The molecule has 0 saturated carbocycles. The lowest BCUT2D eigenvalue weighted by molar-refractivity contribution is 0.0773. The quantitative estimate of drug-likeness (QED) is 0.858. The molecule has 1 aliphatic carbocycles. The van der Waals surface area contributed by atoms with Crippen LogP contribution in [0.5, 0.6) is 0 Å². The number of rotatable bonds is 4. The number of nitrogens with zero attached hydrogens (tertiary/aromatic N) is 1. The second-order valence-corrected chi connectivity index (χ2v) is 7.97. The summed E-state index contributed by atoms with van der Waals surface area (Å²) >= 11 is 0. The summed E-state index contributed by atoms with van der Waals surface area (Å²) in [6, 6.07) is 15.2. The minimum absolute atomic E-state index is 0.119. The Morgan fingerprint density at radius 2 is 1.86 bits per heavy atom. The molecule has 0 aromatic heterocycles. The Labute approximate surface area is 168 Å². The Hall–Kier alpha value is -2.39. The van der Waals surface area contributed by atoms with Crippen molar-refractivity contribution in [3.8, 4) is 0 Å². The monoisotopic (exact) mass is 374 g/mol. The smallest absolute Gasteiger partial charge is 0.253 e. The van der Waals surface area contributed by atoms with Crippen LogP contribution >= 0.6 is 0 Å². The highest BCUT2D eigenvalue weighted by atomic mass is 16.2. The topological polar surface area (TPSA) is 32.3 Å². The highest BCUT2D eigenvalue weighted by molar-refractivity contribution is 5.95. The number of fused-ring (bicyclic) bond motifs is 2. The van der Waals surface area contributed by atoms with Crippen molar-refractivity contribution < 1.29 is 4.79 Å². The van der Waals surface area contributed by atoms with Gasteiger partial charge in [0.2, 0.25) is 0 Å². The predicted octanol–water partition coefficient (Wildman–Crippen LogP) is 4.44. The van der Waals surface area contributed by atoms with E-state index in [4.69, 9.17) is 0 Å². The van der Waals surface area contributed by atoms with E-state index in [-0.39, 0.29) is 5.91 Å². The van der Waals surface area contributed by atoms with Crippen LogP contribution in [-0.4, -0.2) is 37.0 Å². The van der Waals surface area contributed by atoms with Crippen LogP contribution in [0.25, 0.3) is 5.57 Å². The first kappa shape index (κ1) is 18.9. The molecule has 2 aliphatic rings. The first-order chi connectivity index (χ1) is 13.6. The molecule has 0 bridgehead atoms. The molecule has 1 amide bonds. The number of amides is 1. The van der Waals surface area contributed by atoms with Gasteiger partial charge in [-0.05, 0) is 80.5 Å². The minimum Gasteiger partial charge on any atom is -0.339 e. The Bertz CT molecular complexity index is 907. The molecule has 1 unspecified atom stereocenters. The van der Waals surface area contributed by atoms with Crippen molar-refractivity contribution in [2.75, 3.05) is 26.2 Å². The van der Waals surface area contributed by atoms with Gasteiger partial charge in [-0.15, -0.1) is 0 Å². The van der Waals surface area contributed by atoms with Gasteiger partial charge in [0.1, 0.15) is 0 Å². The van der Waals surface area contributed by atoms with Crippen molar-refractivity contribution in [1.82, 2.24) is 10.2 Å². The van der Waals surface area contributed by atoms with E-state index in [1.54, 1.807) is 5.57 Å². The van der Waals surface area contributed by atoms with E-state index in [1.165, 1.54) is 27.8 Å². The lowest BCUT2D eigenvalue weighted by Crippen LogP contribution is -2.35. The van der Waals surface area contributed by atoms with E-state index in [1.807, 2.05) is 30.9 Å². The highest BCUT2D eigenvalue weighted by Crippen LogP contribution is 2.41. The normalized spacial score (nSPS) is 18.5. The van der Waals surface area contributed by atoms with E-state index >= 15 is 0 Å². The van der Waals surface area contributed by atoms with Crippen LogP contribution in [0.1, 0.15) is 52.9 Å². The summed E-state index contributed by atoms with van der Waals surface area (Å²) in [5.74, 6) is 0.699. The maximum atomic E-state index is 12.7. The van der Waals surface area contributed by atoms with Crippen molar-refractivity contribution in [2.45, 2.75) is 33.6 Å². The molecule has 3 nitrogen and oxygen atoms in total. The van der Waals surface area contributed by atoms with E-state index in [0.29, 0.717) is 5.92 Å². The van der Waals surface area contributed by atoms with Gasteiger partial charge in [0, 0.05) is 25.2 Å². The summed E-state index contributed by atoms with van der Waals surface area (Å²) in [7, 11) is 0. The number of carbonyl (C=O) groups is 1. The van der Waals surface area contributed by atoms with Gasteiger partial charge in [-0.2, -0.15) is 0 Å². The molecule has 0 spiro atoms. The molecule has 1 atom stereocenters. The average Bonchev–Trinajstić information content (AvgIpc) is 2.73. The third-order valence-corrected chi connectivity index (χ3v) is 6.25. The number of piperidine rings is 1. The Morgan fingerprint density at radius 3 is 2.57 bits per heavy atom. The van der Waals surface area contributed by atoms with E-state index in [2.05, 4.69) is 42.6 Å². The standard InChI is InChI=1S/C25H30N2O/c1-4-27(5-2)25(28)19-10-8-18(9-11-19)24-22-12-13-26-16-21(22)15-20-7-6-17(3)14-23(20)24/h6-11,14,21,26H,4-5,12-13,15-16H2,1-3H3. The van der Waals surface area contributed by atoms with Gasteiger partial charge in [0.05, 0.1) is 0 Å². The van der Waals surface area contributed by atoms with Gasteiger partial charge in [-0.25, -0.2) is 0 Å². The molecule has 1 N–H and O–H groups in total. The van der Waals surface area contributed by atoms with Gasteiger partial charge >= 0.3 is 0 Å². The highest BCUT2D eigenvalue weighted by Gasteiger charge is 2.29. The fraction of sp³-hybridized carbons (Fsp3) is 0.400. The first-order valence-electron chi connectivity index (χ1n) is 10.6. The van der Waals surface area contributed by atoms with Gasteiger partial charge < -0.3 is 10.2 Å². The van der Waals surface area contributed by atoms with Crippen LogP contribution in [0.3, 0.4) is 0 Å². The average molecular weight is 375 g/mol. The first-order valence-corrected chi connectivity index (χ1v) is 10.6. The molecule has 1 heterocycles. The molecule has 146 valence electrons. The van der Waals surface area contributed by atoms with Gasteiger partial charge in [0.15, 0.2) is 0 Å². The summed E-state index contributed by atoms with van der Waals surface area (Å²) in [4.78, 5) is 14.5. The number of nitrogens with one attached hydrogen (secondary N) is 1. The molecular weight excluding hydrogens is 344 g/mol. The Balaban J connectivity index is 1.77. The zero-order valence-corrected chi connectivity index (χ0v) is 17.2. The van der Waals surface area contributed by atoms with Gasteiger partial charge in [-0.1, -0.05) is 41.5 Å². The Kier molecular flexibility index (Phi) is 5.36. The summed E-state index contributed by atoms with van der Waals surface area (Å²) < 4.78 is 0. The van der Waals surface area contributed by atoms with Crippen molar-refractivity contribution in [3.63, 3.8) is 0 Å². The van der Waals surface area contributed by atoms with Crippen molar-refractivity contribution in [3.05, 3.63) is 75.9 Å². The molecule has 2 aromatic rings. The molecule has 1 fully saturated rings. The molecule has 0 radical (unpaired) electrons. The van der Waals surface area contributed by atoms with Crippen LogP contribution in [0.4, 0.5) is 0 Å². The number of carbonyl (C=O) groups excluding carboxylic acids is 1. The molecule has 3 heteroatoms. The van der Waals surface area contributed by atoms with Gasteiger partial charge in [-0.3, -0.25) is 4.79 Å². The van der Waals surface area contributed by atoms with E-state index in [0.717, 1.165) is 44.6 Å². The van der Waals surface area contributed by atoms with Crippen LogP contribution < -0.4 is 5.32 Å². The predicted molar refractivity (Wildman–Crippen MR) is 116 cm³/mol. The van der Waals surface area contributed by atoms with Crippen LogP contribution in [-0.2, 0) is 6.42 Å². The molecular formula is C25H30N2O. The Morgan fingerprint density at radius 1 is 1.11 bits per heavy atom. The van der Waals surface area contributed by atoms with E-state index < -0.39 is 0 Å². The van der Waals surface area contributed by atoms with Crippen molar-refractivity contribution >= 4 is 11.5 Å². The molecule has 1 aliphatic heterocycles. The van der Waals surface area contributed by atoms with E-state index in [9.17, 15) is 4.79 Å². The second-order valence-electron chi connectivity index (χ2n) is 7.97. The number of benzene rings is 2. The zero-order valence-electron chi connectivity index (χ0n) is 17.2. The third-order valence-electron chi connectivity index (χ3n) is 6.25. The summed E-state index contributed by atoms with van der Waals surface area (Å²) in [6.07, 6.45) is 2.23. The lowest BCUT2D eigenvalue weighted by Gasteiger charge is -2.35. The van der Waals surface area contributed by atoms with Crippen molar-refractivity contribution in [2.24, 2.45) is 5.92 Å². The number of hydrogen-bond acceptors (Lipinski definition) is 2. The maximum absolute atomic E-state index is 12.7. The third kappa shape index (κ3) is 3.40. The fourth-order valence-electron chi connectivity index (χ4n) is 4.70. The second kappa shape index (κ2) is 7.92. The van der Waals surface area contributed by atoms with Crippen LogP contribution in [0.15, 0.2) is 48.0 Å². The van der Waals surface area contributed by atoms with Crippen LogP contribution in [0.2, 0.25) is 0 Å². The van der Waals surface area contributed by atoms with Crippen LogP contribution in [0, 0.1) is 12.8 Å². The minimum atomic E-state index is 0.119. The molecule has 28 heavy (non-hydrogen) atoms. The maximum Gasteiger partial charge on any atom is 0.253 e. The summed E-state index contributed by atoms with van der Waals surface area (Å²) in [5, 5.41) is 3.56. The zero-order chi connectivity index (χ0) is 19.7. The largest absolute Gasteiger partial charge is 0.339 e.